The summed E-state index contributed by atoms with van der Waals surface area (Å²) in [5.41, 5.74) is 3.20. The standard InChI is InChI=1S/C33H41N3O5/c1-22-11-10-14-27(34-22)25-17-15-24(16-18-25)20-28-29(40-33(5,6)36(28)31(38)39)21-26(19-23-12-8-7-9-13-23)35-30(37)41-32(2,3)4/h7-18,26,28-29H,19-21H2,1-6H3,(H,35,37)(H,38,39)/t26-,28-,29-/m0/s1. The number of alkyl carbamates (subject to hydrolysis) is 1. The zero-order valence-corrected chi connectivity index (χ0v) is 24.8. The Balaban J connectivity index is 1.58. The van der Waals surface area contributed by atoms with Gasteiger partial charge < -0.3 is 19.9 Å². The second-order valence-electron chi connectivity index (χ2n) is 12.2. The third-order valence-electron chi connectivity index (χ3n) is 7.13. The molecule has 41 heavy (non-hydrogen) atoms. The zero-order chi connectivity index (χ0) is 29.8. The Morgan fingerprint density at radius 2 is 1.71 bits per heavy atom. The summed E-state index contributed by atoms with van der Waals surface area (Å²) < 4.78 is 12.0. The van der Waals surface area contributed by atoms with E-state index >= 15 is 0 Å². The van der Waals surface area contributed by atoms with Crippen LogP contribution < -0.4 is 5.32 Å². The lowest BCUT2D eigenvalue weighted by Crippen LogP contribution is -2.49. The minimum absolute atomic E-state index is 0.334. The van der Waals surface area contributed by atoms with E-state index in [1.807, 2.05) is 100 Å². The Morgan fingerprint density at radius 1 is 1.02 bits per heavy atom. The number of pyridine rings is 1. The molecule has 1 fully saturated rings. The second-order valence-corrected chi connectivity index (χ2v) is 12.2. The molecule has 0 saturated carbocycles. The van der Waals surface area contributed by atoms with Gasteiger partial charge in [0.1, 0.15) is 11.3 Å². The number of carbonyl (C=O) groups is 2. The summed E-state index contributed by atoms with van der Waals surface area (Å²) in [5, 5.41) is 13.2. The molecule has 8 heteroatoms. The lowest BCUT2D eigenvalue weighted by atomic mass is 9.93. The van der Waals surface area contributed by atoms with Crippen molar-refractivity contribution in [2.45, 2.75) is 90.3 Å². The van der Waals surface area contributed by atoms with Crippen LogP contribution in [0.3, 0.4) is 0 Å². The highest BCUT2D eigenvalue weighted by molar-refractivity contribution is 5.68. The molecule has 1 aromatic heterocycles. The number of nitrogens with zero attached hydrogens (tertiary/aromatic N) is 2. The summed E-state index contributed by atoms with van der Waals surface area (Å²) in [6.45, 7) is 11.0. The van der Waals surface area contributed by atoms with E-state index in [1.54, 1.807) is 13.8 Å². The fraction of sp³-hybridized carbons (Fsp3) is 0.424. The molecule has 0 aliphatic carbocycles. The number of aryl methyl sites for hydroxylation is 1. The maximum Gasteiger partial charge on any atom is 0.409 e. The number of carboxylic acid groups (broad SMARTS) is 1. The van der Waals surface area contributed by atoms with Crippen molar-refractivity contribution in [2.24, 2.45) is 0 Å². The Morgan fingerprint density at radius 3 is 2.32 bits per heavy atom. The first-order chi connectivity index (χ1) is 19.3. The van der Waals surface area contributed by atoms with Gasteiger partial charge in [-0.1, -0.05) is 60.7 Å². The number of aromatic nitrogens is 1. The van der Waals surface area contributed by atoms with Crippen molar-refractivity contribution in [3.63, 3.8) is 0 Å². The number of rotatable bonds is 8. The molecule has 3 atom stereocenters. The Labute approximate surface area is 242 Å². The molecule has 0 bridgehead atoms. The van der Waals surface area contributed by atoms with Crippen LogP contribution in [0.5, 0.6) is 0 Å². The SMILES string of the molecule is Cc1cccc(-c2ccc(C[C@H]3[C@H](C[C@H](Cc4ccccc4)NC(=O)OC(C)(C)C)OC(C)(C)N3C(=O)O)cc2)n1. The van der Waals surface area contributed by atoms with E-state index < -0.39 is 35.7 Å². The van der Waals surface area contributed by atoms with Crippen LogP contribution in [0.4, 0.5) is 9.59 Å². The van der Waals surface area contributed by atoms with E-state index in [1.165, 1.54) is 4.90 Å². The minimum Gasteiger partial charge on any atom is -0.465 e. The van der Waals surface area contributed by atoms with Crippen LogP contribution in [0.15, 0.2) is 72.8 Å². The smallest absolute Gasteiger partial charge is 0.409 e. The fourth-order valence-electron chi connectivity index (χ4n) is 5.47. The second kappa shape index (κ2) is 12.3. The van der Waals surface area contributed by atoms with Crippen molar-refractivity contribution >= 4 is 12.2 Å². The van der Waals surface area contributed by atoms with Crippen LogP contribution in [0, 0.1) is 6.92 Å². The molecule has 0 radical (unpaired) electrons. The largest absolute Gasteiger partial charge is 0.465 e. The van der Waals surface area contributed by atoms with Crippen molar-refractivity contribution in [1.29, 1.82) is 0 Å². The lowest BCUT2D eigenvalue weighted by molar-refractivity contribution is -0.0695. The lowest BCUT2D eigenvalue weighted by Gasteiger charge is -2.31. The van der Waals surface area contributed by atoms with Crippen LogP contribution in [-0.4, -0.2) is 56.7 Å². The summed E-state index contributed by atoms with van der Waals surface area (Å²) in [6.07, 6.45) is -0.574. The molecule has 2 N–H and O–H groups in total. The number of nitrogens with one attached hydrogen (secondary N) is 1. The average molecular weight is 560 g/mol. The van der Waals surface area contributed by atoms with Crippen molar-refractivity contribution < 1.29 is 24.2 Å². The average Bonchev–Trinajstić information content (AvgIpc) is 3.12. The van der Waals surface area contributed by atoms with Crippen LogP contribution in [0.25, 0.3) is 11.3 Å². The van der Waals surface area contributed by atoms with Gasteiger partial charge in [0.05, 0.1) is 17.8 Å². The third-order valence-corrected chi connectivity index (χ3v) is 7.13. The van der Waals surface area contributed by atoms with Gasteiger partial charge in [-0.3, -0.25) is 9.88 Å². The van der Waals surface area contributed by atoms with Gasteiger partial charge in [0.15, 0.2) is 0 Å². The normalized spacial score (nSPS) is 19.0. The third kappa shape index (κ3) is 8.07. The number of hydrogen-bond acceptors (Lipinski definition) is 5. The molecule has 218 valence electrons. The predicted molar refractivity (Wildman–Crippen MR) is 159 cm³/mol. The van der Waals surface area contributed by atoms with E-state index in [9.17, 15) is 14.7 Å². The molecule has 1 aliphatic rings. The number of hydrogen-bond donors (Lipinski definition) is 2. The Bertz CT molecular complexity index is 1330. The zero-order valence-electron chi connectivity index (χ0n) is 24.8. The molecule has 4 rings (SSSR count). The molecular formula is C33H41N3O5. The van der Waals surface area contributed by atoms with Crippen molar-refractivity contribution in [2.75, 3.05) is 0 Å². The van der Waals surface area contributed by atoms with Crippen LogP contribution in [0.1, 0.15) is 57.9 Å². The highest BCUT2D eigenvalue weighted by Crippen LogP contribution is 2.36. The molecule has 2 heterocycles. The molecule has 2 amide bonds. The molecule has 0 unspecified atom stereocenters. The summed E-state index contributed by atoms with van der Waals surface area (Å²) >= 11 is 0. The van der Waals surface area contributed by atoms with E-state index in [4.69, 9.17) is 9.47 Å². The maximum atomic E-state index is 12.8. The minimum atomic E-state index is -1.04. The highest BCUT2D eigenvalue weighted by atomic mass is 16.6. The van der Waals surface area contributed by atoms with Gasteiger partial charge in [0, 0.05) is 17.3 Å². The summed E-state index contributed by atoms with van der Waals surface area (Å²) in [4.78, 5) is 31.3. The van der Waals surface area contributed by atoms with Crippen molar-refractivity contribution in [3.8, 4) is 11.3 Å². The van der Waals surface area contributed by atoms with E-state index in [2.05, 4.69) is 10.3 Å². The summed E-state index contributed by atoms with van der Waals surface area (Å²) in [5.74, 6) is 0. The van der Waals surface area contributed by atoms with E-state index in [-0.39, 0.29) is 6.04 Å². The first-order valence-electron chi connectivity index (χ1n) is 14.1. The summed E-state index contributed by atoms with van der Waals surface area (Å²) in [6, 6.07) is 23.1. The van der Waals surface area contributed by atoms with Crippen molar-refractivity contribution in [1.82, 2.24) is 15.2 Å². The topological polar surface area (TPSA) is 101 Å². The van der Waals surface area contributed by atoms with Crippen LogP contribution >= 0.6 is 0 Å². The predicted octanol–water partition coefficient (Wildman–Crippen LogP) is 6.61. The number of ether oxygens (including phenoxy) is 2. The Kier molecular flexibility index (Phi) is 9.02. The first kappa shape index (κ1) is 30.1. The summed E-state index contributed by atoms with van der Waals surface area (Å²) in [7, 11) is 0. The van der Waals surface area contributed by atoms with E-state index in [0.29, 0.717) is 19.3 Å². The number of amides is 2. The molecule has 1 saturated heterocycles. The molecule has 1 aliphatic heterocycles. The maximum absolute atomic E-state index is 12.8. The first-order valence-corrected chi connectivity index (χ1v) is 14.1. The van der Waals surface area contributed by atoms with Gasteiger partial charge in [-0.25, -0.2) is 9.59 Å². The number of carbonyl (C=O) groups excluding carboxylic acids is 1. The molecule has 8 nitrogen and oxygen atoms in total. The van der Waals surface area contributed by atoms with E-state index in [0.717, 1.165) is 28.1 Å². The van der Waals surface area contributed by atoms with Gasteiger partial charge in [-0.2, -0.15) is 0 Å². The molecule has 2 aromatic carbocycles. The van der Waals surface area contributed by atoms with Gasteiger partial charge in [-0.05, 0) is 84.1 Å². The monoisotopic (exact) mass is 559 g/mol. The quantitative estimate of drug-likeness (QED) is 0.322. The number of benzene rings is 2. The van der Waals surface area contributed by atoms with Crippen molar-refractivity contribution in [3.05, 3.63) is 89.6 Å². The highest BCUT2D eigenvalue weighted by Gasteiger charge is 2.50. The Hall–Kier alpha value is -3.91. The molecular weight excluding hydrogens is 518 g/mol. The fourth-order valence-corrected chi connectivity index (χ4v) is 5.47. The van der Waals surface area contributed by atoms with Gasteiger partial charge in [0.2, 0.25) is 0 Å². The molecule has 0 spiro atoms. The van der Waals surface area contributed by atoms with Crippen LogP contribution in [0.2, 0.25) is 0 Å². The van der Waals surface area contributed by atoms with Gasteiger partial charge in [0.25, 0.3) is 0 Å². The van der Waals surface area contributed by atoms with Crippen LogP contribution in [-0.2, 0) is 22.3 Å². The van der Waals surface area contributed by atoms with Gasteiger partial charge in [-0.15, -0.1) is 0 Å². The molecule has 3 aromatic rings. The van der Waals surface area contributed by atoms with Gasteiger partial charge >= 0.3 is 12.2 Å².